The van der Waals surface area contributed by atoms with E-state index in [1.807, 2.05) is 0 Å². The molecule has 0 unspecified atom stereocenters. The number of allylic oxidation sites excluding steroid dienone is 1. The summed E-state index contributed by atoms with van der Waals surface area (Å²) < 4.78 is 0. The molecule has 0 spiro atoms. The van der Waals surface area contributed by atoms with Crippen molar-refractivity contribution in [3.05, 3.63) is 12.2 Å². The van der Waals surface area contributed by atoms with Crippen LogP contribution >= 0.6 is 0 Å². The van der Waals surface area contributed by atoms with Crippen molar-refractivity contribution >= 4 is 0 Å². The third kappa shape index (κ3) is 11.8. The quantitative estimate of drug-likeness (QED) is 0.447. The van der Waals surface area contributed by atoms with Gasteiger partial charge >= 0.3 is 0 Å². The monoisotopic (exact) mass is 278 g/mol. The second kappa shape index (κ2) is 14.2. The van der Waals surface area contributed by atoms with Crippen molar-refractivity contribution in [3.63, 3.8) is 0 Å². The van der Waals surface area contributed by atoms with Gasteiger partial charge in [-0.1, -0.05) is 56.9 Å². The first-order chi connectivity index (χ1) is 9.72. The standard InChI is InChI=1S/C17H26O3/c1-2-3-4-7-10-13-16(19)17(20)14-11-8-5-6-9-12-15-18/h9,12,16-20H,2-4,7,10,13-15H2,1H3/b12-9+/t16-,17-/m1/s1. The molecule has 2 atom stereocenters. The summed E-state index contributed by atoms with van der Waals surface area (Å²) in [5, 5.41) is 27.9. The second-order valence-corrected chi connectivity index (χ2v) is 4.70. The van der Waals surface area contributed by atoms with Crippen LogP contribution in [0.15, 0.2) is 12.2 Å². The maximum absolute atomic E-state index is 9.75. The molecule has 0 saturated carbocycles. The van der Waals surface area contributed by atoms with Crippen molar-refractivity contribution < 1.29 is 15.3 Å². The van der Waals surface area contributed by atoms with Crippen molar-refractivity contribution in [2.45, 2.75) is 64.1 Å². The van der Waals surface area contributed by atoms with E-state index in [2.05, 4.69) is 30.6 Å². The Morgan fingerprint density at radius 3 is 2.45 bits per heavy atom. The van der Waals surface area contributed by atoms with Crippen LogP contribution in [0.2, 0.25) is 0 Å². The molecule has 0 aromatic rings. The summed E-state index contributed by atoms with van der Waals surface area (Å²) >= 11 is 0. The summed E-state index contributed by atoms with van der Waals surface area (Å²) in [5.41, 5.74) is 0. The first-order valence-electron chi connectivity index (χ1n) is 7.32. The zero-order valence-electron chi connectivity index (χ0n) is 12.3. The van der Waals surface area contributed by atoms with Crippen LogP contribution in [0, 0.1) is 23.7 Å². The number of unbranched alkanes of at least 4 members (excludes halogenated alkanes) is 4. The van der Waals surface area contributed by atoms with E-state index in [9.17, 15) is 10.2 Å². The van der Waals surface area contributed by atoms with Crippen molar-refractivity contribution in [2.24, 2.45) is 0 Å². The van der Waals surface area contributed by atoms with Crippen LogP contribution in [-0.2, 0) is 0 Å². The van der Waals surface area contributed by atoms with Crippen LogP contribution in [0.1, 0.15) is 51.9 Å². The van der Waals surface area contributed by atoms with Gasteiger partial charge in [-0.05, 0) is 24.3 Å². The lowest BCUT2D eigenvalue weighted by molar-refractivity contribution is 0.0165. The molecule has 112 valence electrons. The van der Waals surface area contributed by atoms with Gasteiger partial charge in [-0.3, -0.25) is 0 Å². The van der Waals surface area contributed by atoms with E-state index in [0.717, 1.165) is 12.8 Å². The van der Waals surface area contributed by atoms with Gasteiger partial charge in [0.05, 0.1) is 18.8 Å². The Kier molecular flexibility index (Phi) is 13.3. The van der Waals surface area contributed by atoms with E-state index >= 15 is 0 Å². The van der Waals surface area contributed by atoms with E-state index in [1.54, 1.807) is 0 Å². The van der Waals surface area contributed by atoms with Gasteiger partial charge in [0.25, 0.3) is 0 Å². The topological polar surface area (TPSA) is 60.7 Å². The molecule has 0 amide bonds. The smallest absolute Gasteiger partial charge is 0.0908 e. The predicted octanol–water partition coefficient (Wildman–Crippen LogP) is 2.01. The minimum Gasteiger partial charge on any atom is -0.392 e. The molecule has 0 aliphatic rings. The summed E-state index contributed by atoms with van der Waals surface area (Å²) in [6, 6.07) is 0. The molecular formula is C17H26O3. The Morgan fingerprint density at radius 1 is 1.00 bits per heavy atom. The van der Waals surface area contributed by atoms with Gasteiger partial charge in [0.15, 0.2) is 0 Å². The van der Waals surface area contributed by atoms with Crippen molar-refractivity contribution in [1.29, 1.82) is 0 Å². The van der Waals surface area contributed by atoms with Crippen LogP contribution in [0.5, 0.6) is 0 Å². The van der Waals surface area contributed by atoms with Gasteiger partial charge in [-0.25, -0.2) is 0 Å². The van der Waals surface area contributed by atoms with Gasteiger partial charge in [0.1, 0.15) is 0 Å². The van der Waals surface area contributed by atoms with E-state index in [1.165, 1.54) is 31.4 Å². The zero-order chi connectivity index (χ0) is 15.1. The fraction of sp³-hybridized carbons (Fsp3) is 0.647. The molecule has 0 radical (unpaired) electrons. The number of aliphatic hydroxyl groups is 3. The molecule has 0 aliphatic heterocycles. The Bertz CT molecular complexity index is 365. The zero-order valence-corrected chi connectivity index (χ0v) is 12.3. The van der Waals surface area contributed by atoms with Gasteiger partial charge in [-0.2, -0.15) is 0 Å². The van der Waals surface area contributed by atoms with E-state index in [0.29, 0.717) is 6.42 Å². The highest BCUT2D eigenvalue weighted by Crippen LogP contribution is 2.10. The van der Waals surface area contributed by atoms with E-state index < -0.39 is 12.2 Å². The maximum Gasteiger partial charge on any atom is 0.0908 e. The third-order valence-electron chi connectivity index (χ3n) is 2.89. The Labute approximate surface area is 122 Å². The van der Waals surface area contributed by atoms with Crippen molar-refractivity contribution in [1.82, 2.24) is 0 Å². The lowest BCUT2D eigenvalue weighted by atomic mass is 10.0. The van der Waals surface area contributed by atoms with Crippen LogP contribution in [0.4, 0.5) is 0 Å². The van der Waals surface area contributed by atoms with Gasteiger partial charge in [0, 0.05) is 6.42 Å². The average Bonchev–Trinajstić information content (AvgIpc) is 2.45. The molecule has 0 heterocycles. The predicted molar refractivity (Wildman–Crippen MR) is 81.8 cm³/mol. The lowest BCUT2D eigenvalue weighted by Gasteiger charge is -2.15. The minimum absolute atomic E-state index is 0.0364. The summed E-state index contributed by atoms with van der Waals surface area (Å²) in [5.74, 6) is 10.5. The summed E-state index contributed by atoms with van der Waals surface area (Å²) in [6.07, 6.45) is 8.06. The van der Waals surface area contributed by atoms with Gasteiger partial charge < -0.3 is 15.3 Å². The SMILES string of the molecule is CCCCCCC[C@@H](O)[C@H](O)CC#CC#C/C=C/CO. The number of hydrogen-bond acceptors (Lipinski definition) is 3. The molecule has 20 heavy (non-hydrogen) atoms. The summed E-state index contributed by atoms with van der Waals surface area (Å²) in [6.45, 7) is 2.13. The fourth-order valence-corrected chi connectivity index (χ4v) is 1.67. The molecule has 0 fully saturated rings. The van der Waals surface area contributed by atoms with Gasteiger partial charge in [-0.15, -0.1) is 0 Å². The molecule has 0 bridgehead atoms. The first kappa shape index (κ1) is 18.7. The van der Waals surface area contributed by atoms with E-state index in [4.69, 9.17) is 5.11 Å². The Morgan fingerprint density at radius 2 is 1.75 bits per heavy atom. The number of hydrogen-bond donors (Lipinski definition) is 3. The van der Waals surface area contributed by atoms with Crippen molar-refractivity contribution in [2.75, 3.05) is 6.61 Å². The molecule has 0 saturated heterocycles. The molecule has 0 rings (SSSR count). The molecule has 3 heteroatoms. The fourth-order valence-electron chi connectivity index (χ4n) is 1.67. The first-order valence-corrected chi connectivity index (χ1v) is 7.32. The van der Waals surface area contributed by atoms with Crippen LogP contribution in [0.3, 0.4) is 0 Å². The summed E-state index contributed by atoms with van der Waals surface area (Å²) in [4.78, 5) is 0. The van der Waals surface area contributed by atoms with Crippen LogP contribution in [0.25, 0.3) is 0 Å². The minimum atomic E-state index is -0.802. The van der Waals surface area contributed by atoms with E-state index in [-0.39, 0.29) is 13.0 Å². The number of aliphatic hydroxyl groups excluding tert-OH is 3. The molecule has 3 nitrogen and oxygen atoms in total. The molecule has 0 aliphatic carbocycles. The molecule has 3 N–H and O–H groups in total. The van der Waals surface area contributed by atoms with Crippen molar-refractivity contribution in [3.8, 4) is 23.7 Å². The largest absolute Gasteiger partial charge is 0.392 e. The summed E-state index contributed by atoms with van der Waals surface area (Å²) in [7, 11) is 0. The molecular weight excluding hydrogens is 252 g/mol. The second-order valence-electron chi connectivity index (χ2n) is 4.70. The van der Waals surface area contributed by atoms with Gasteiger partial charge in [0.2, 0.25) is 0 Å². The van der Waals surface area contributed by atoms with Crippen LogP contribution in [-0.4, -0.2) is 34.1 Å². The Balaban J connectivity index is 3.78. The average molecular weight is 278 g/mol. The highest BCUT2D eigenvalue weighted by atomic mass is 16.3. The number of rotatable bonds is 9. The highest BCUT2D eigenvalue weighted by Gasteiger charge is 2.14. The van der Waals surface area contributed by atoms with Crippen LogP contribution < -0.4 is 0 Å². The third-order valence-corrected chi connectivity index (χ3v) is 2.89. The lowest BCUT2D eigenvalue weighted by Crippen LogP contribution is -2.25. The normalized spacial score (nSPS) is 13.2. The highest BCUT2D eigenvalue weighted by molar-refractivity contribution is 5.30. The Hall–Kier alpha value is -1.26. The molecule has 0 aromatic heterocycles. The molecule has 0 aromatic carbocycles. The maximum atomic E-state index is 9.75.